The molecule has 1 saturated carbocycles. The average molecular weight is 366 g/mol. The van der Waals surface area contributed by atoms with E-state index < -0.39 is 0 Å². The van der Waals surface area contributed by atoms with Crippen molar-refractivity contribution >= 4 is 28.0 Å². The number of carbonyl (C=O) groups excluding carboxylic acids is 1. The summed E-state index contributed by atoms with van der Waals surface area (Å²) in [6, 6.07) is 15.0. The van der Waals surface area contributed by atoms with Gasteiger partial charge in [0.1, 0.15) is 10.7 Å². The number of nitrogens with zero attached hydrogens (tertiary/aromatic N) is 2. The van der Waals surface area contributed by atoms with Crippen molar-refractivity contribution in [1.82, 2.24) is 9.88 Å². The quantitative estimate of drug-likeness (QED) is 0.732. The molecular weight excluding hydrogens is 342 g/mol. The van der Waals surface area contributed by atoms with Crippen molar-refractivity contribution in [2.45, 2.75) is 44.8 Å². The third-order valence-corrected chi connectivity index (χ3v) is 6.06. The summed E-state index contributed by atoms with van der Waals surface area (Å²) in [5.41, 5.74) is 7.39. The van der Waals surface area contributed by atoms with E-state index in [1.54, 1.807) is 0 Å². The Morgan fingerprint density at radius 2 is 1.92 bits per heavy atom. The maximum atomic E-state index is 13.2. The van der Waals surface area contributed by atoms with Gasteiger partial charge in [0.05, 0.1) is 0 Å². The Balaban J connectivity index is 1.68. The first-order valence-electron chi connectivity index (χ1n) is 9.18. The van der Waals surface area contributed by atoms with Crippen LogP contribution in [-0.2, 0) is 13.1 Å². The molecule has 134 valence electrons. The number of hydrogen-bond donors (Lipinski definition) is 1. The van der Waals surface area contributed by atoms with Gasteiger partial charge in [0, 0.05) is 24.5 Å². The molecule has 2 aromatic carbocycles. The van der Waals surface area contributed by atoms with Crippen LogP contribution in [-0.4, -0.2) is 21.8 Å². The molecule has 26 heavy (non-hydrogen) atoms. The lowest BCUT2D eigenvalue weighted by molar-refractivity contribution is 0.0660. The average Bonchev–Trinajstić information content (AvgIpc) is 3.37. The number of benzene rings is 2. The van der Waals surface area contributed by atoms with Gasteiger partial charge >= 0.3 is 0 Å². The van der Waals surface area contributed by atoms with Crippen LogP contribution in [0.4, 0.5) is 0 Å². The molecule has 1 aliphatic carbocycles. The summed E-state index contributed by atoms with van der Waals surface area (Å²) in [5.74, 6) is 0.0285. The fourth-order valence-electron chi connectivity index (χ4n) is 3.85. The van der Waals surface area contributed by atoms with E-state index in [4.69, 9.17) is 5.73 Å². The summed E-state index contributed by atoms with van der Waals surface area (Å²) < 4.78 is 0. The maximum absolute atomic E-state index is 13.2. The van der Waals surface area contributed by atoms with Gasteiger partial charge in [-0.1, -0.05) is 55.3 Å². The van der Waals surface area contributed by atoms with Crippen LogP contribution < -0.4 is 5.73 Å². The first-order chi connectivity index (χ1) is 12.8. The van der Waals surface area contributed by atoms with E-state index in [2.05, 4.69) is 47.4 Å². The number of fused-ring (bicyclic) bond motifs is 1. The van der Waals surface area contributed by atoms with E-state index in [9.17, 15) is 4.79 Å². The highest BCUT2D eigenvalue weighted by atomic mass is 32.1. The van der Waals surface area contributed by atoms with Crippen molar-refractivity contribution in [2.24, 2.45) is 5.73 Å². The Kier molecular flexibility index (Phi) is 5.00. The minimum Gasteiger partial charge on any atom is -0.330 e. The SMILES string of the molecule is NCc1nc(C(=O)N(Cc2cccc3ccccc23)C2CCCC2)cs1. The minimum atomic E-state index is 0.0285. The third kappa shape index (κ3) is 3.37. The molecule has 5 heteroatoms. The first kappa shape index (κ1) is 17.2. The molecule has 1 heterocycles. The standard InChI is InChI=1S/C21H23N3OS/c22-12-20-23-19(14-26-20)21(25)24(17-9-2-3-10-17)13-16-8-5-7-15-6-1-4-11-18(15)16/h1,4-8,11,14,17H,2-3,9-10,12-13,22H2. The van der Waals surface area contributed by atoms with Crippen LogP contribution >= 0.6 is 11.3 Å². The van der Waals surface area contributed by atoms with Gasteiger partial charge in [-0.25, -0.2) is 4.98 Å². The number of thiazole rings is 1. The molecule has 0 saturated heterocycles. The van der Waals surface area contributed by atoms with Crippen LogP contribution in [0.15, 0.2) is 47.8 Å². The summed E-state index contributed by atoms with van der Waals surface area (Å²) >= 11 is 1.46. The molecule has 0 atom stereocenters. The van der Waals surface area contributed by atoms with Crippen LogP contribution in [0.2, 0.25) is 0 Å². The van der Waals surface area contributed by atoms with Gasteiger partial charge in [-0.3, -0.25) is 4.79 Å². The van der Waals surface area contributed by atoms with Crippen molar-refractivity contribution in [1.29, 1.82) is 0 Å². The summed E-state index contributed by atoms with van der Waals surface area (Å²) in [5, 5.41) is 5.08. The molecule has 0 unspecified atom stereocenters. The zero-order valence-electron chi connectivity index (χ0n) is 14.7. The molecule has 4 nitrogen and oxygen atoms in total. The van der Waals surface area contributed by atoms with Crippen LogP contribution in [0.5, 0.6) is 0 Å². The second kappa shape index (κ2) is 7.56. The molecule has 3 aromatic rings. The Labute approximate surface area is 157 Å². The monoisotopic (exact) mass is 365 g/mol. The first-order valence-corrected chi connectivity index (χ1v) is 10.1. The molecule has 2 N–H and O–H groups in total. The number of nitrogens with two attached hydrogens (primary N) is 1. The highest BCUT2D eigenvalue weighted by Gasteiger charge is 2.29. The molecule has 1 amide bonds. The van der Waals surface area contributed by atoms with Crippen molar-refractivity contribution in [2.75, 3.05) is 0 Å². The van der Waals surface area contributed by atoms with Crippen LogP contribution in [0.25, 0.3) is 10.8 Å². The minimum absolute atomic E-state index is 0.0285. The maximum Gasteiger partial charge on any atom is 0.273 e. The summed E-state index contributed by atoms with van der Waals surface area (Å²) in [6.45, 7) is 1.00. The Morgan fingerprint density at radius 3 is 2.69 bits per heavy atom. The van der Waals surface area contributed by atoms with Crippen molar-refractivity contribution in [3.8, 4) is 0 Å². The van der Waals surface area contributed by atoms with Gasteiger partial charge < -0.3 is 10.6 Å². The fraction of sp³-hybridized carbons (Fsp3) is 0.333. The van der Waals surface area contributed by atoms with Crippen molar-refractivity contribution in [3.63, 3.8) is 0 Å². The van der Waals surface area contributed by atoms with Crippen LogP contribution in [0, 0.1) is 0 Å². The third-order valence-electron chi connectivity index (χ3n) is 5.19. The molecule has 1 aromatic heterocycles. The van der Waals surface area contributed by atoms with Crippen LogP contribution in [0.1, 0.15) is 46.7 Å². The highest BCUT2D eigenvalue weighted by Crippen LogP contribution is 2.29. The van der Waals surface area contributed by atoms with Crippen LogP contribution in [0.3, 0.4) is 0 Å². The van der Waals surface area contributed by atoms with Gasteiger partial charge in [0.25, 0.3) is 5.91 Å². The molecule has 4 rings (SSSR count). The van der Waals surface area contributed by atoms with E-state index >= 15 is 0 Å². The summed E-state index contributed by atoms with van der Waals surface area (Å²) in [6.07, 6.45) is 4.53. The summed E-state index contributed by atoms with van der Waals surface area (Å²) in [4.78, 5) is 19.7. The number of hydrogen-bond acceptors (Lipinski definition) is 4. The van der Waals surface area contributed by atoms with E-state index in [0.717, 1.165) is 17.8 Å². The lowest BCUT2D eigenvalue weighted by atomic mass is 10.0. The molecule has 0 aliphatic heterocycles. The smallest absolute Gasteiger partial charge is 0.273 e. The van der Waals surface area contributed by atoms with Gasteiger partial charge in [0.15, 0.2) is 0 Å². The largest absolute Gasteiger partial charge is 0.330 e. The van der Waals surface area contributed by atoms with Crippen molar-refractivity contribution in [3.05, 3.63) is 64.1 Å². The molecule has 0 radical (unpaired) electrons. The van der Waals surface area contributed by atoms with Gasteiger partial charge in [-0.2, -0.15) is 0 Å². The molecular formula is C21H23N3OS. The zero-order valence-corrected chi connectivity index (χ0v) is 15.5. The molecule has 1 aliphatic rings. The number of amides is 1. The van der Waals surface area contributed by atoms with Crippen molar-refractivity contribution < 1.29 is 4.79 Å². The highest BCUT2D eigenvalue weighted by molar-refractivity contribution is 7.09. The van der Waals surface area contributed by atoms with Gasteiger partial charge in [-0.05, 0) is 29.2 Å². The lowest BCUT2D eigenvalue weighted by Crippen LogP contribution is -2.38. The fourth-order valence-corrected chi connectivity index (χ4v) is 4.50. The second-order valence-electron chi connectivity index (χ2n) is 6.84. The van der Waals surface area contributed by atoms with E-state index in [1.165, 1.54) is 40.5 Å². The number of aromatic nitrogens is 1. The predicted molar refractivity (Wildman–Crippen MR) is 106 cm³/mol. The lowest BCUT2D eigenvalue weighted by Gasteiger charge is -2.29. The predicted octanol–water partition coefficient (Wildman–Crippen LogP) is 4.34. The van der Waals surface area contributed by atoms with Gasteiger partial charge in [0.2, 0.25) is 0 Å². The Morgan fingerprint density at radius 1 is 1.15 bits per heavy atom. The molecule has 1 fully saturated rings. The summed E-state index contributed by atoms with van der Waals surface area (Å²) in [7, 11) is 0. The van der Waals surface area contributed by atoms with E-state index in [1.807, 2.05) is 10.3 Å². The van der Waals surface area contributed by atoms with E-state index in [0.29, 0.717) is 24.8 Å². The second-order valence-corrected chi connectivity index (χ2v) is 7.78. The number of rotatable bonds is 5. The van der Waals surface area contributed by atoms with Gasteiger partial charge in [-0.15, -0.1) is 11.3 Å². The normalized spacial score (nSPS) is 14.8. The topological polar surface area (TPSA) is 59.2 Å². The Hall–Kier alpha value is -2.24. The molecule has 0 bridgehead atoms. The zero-order chi connectivity index (χ0) is 17.9. The van der Waals surface area contributed by atoms with E-state index in [-0.39, 0.29) is 5.91 Å². The Bertz CT molecular complexity index is 909. The molecule has 0 spiro atoms. The number of carbonyl (C=O) groups is 1.